The highest BCUT2D eigenvalue weighted by molar-refractivity contribution is 5.97. The topological polar surface area (TPSA) is 156 Å². The molecule has 5 rings (SSSR count). The number of hydrogen-bond acceptors (Lipinski definition) is 9. The fourth-order valence-electron chi connectivity index (χ4n) is 5.48. The van der Waals surface area contributed by atoms with Crippen molar-refractivity contribution in [2.24, 2.45) is 0 Å². The molecule has 1 aromatic carbocycles. The van der Waals surface area contributed by atoms with Crippen molar-refractivity contribution < 1.29 is 28.7 Å². The molecular weight excluding hydrogens is 590 g/mol. The van der Waals surface area contributed by atoms with Gasteiger partial charge in [0, 0.05) is 36.4 Å². The molecule has 244 valence electrons. The minimum absolute atomic E-state index is 0.139. The van der Waals surface area contributed by atoms with Crippen molar-refractivity contribution >= 4 is 46.7 Å². The van der Waals surface area contributed by atoms with E-state index in [9.17, 15) is 19.2 Å². The van der Waals surface area contributed by atoms with Gasteiger partial charge in [-0.15, -0.1) is 0 Å². The number of ether oxygens (including phenoxy) is 2. The van der Waals surface area contributed by atoms with Crippen molar-refractivity contribution in [3.63, 3.8) is 0 Å². The van der Waals surface area contributed by atoms with Crippen molar-refractivity contribution in [1.29, 1.82) is 0 Å². The van der Waals surface area contributed by atoms with Crippen LogP contribution in [-0.2, 0) is 19.1 Å². The fourth-order valence-corrected chi connectivity index (χ4v) is 5.48. The second-order valence-electron chi connectivity index (χ2n) is 13.5. The maximum Gasteiger partial charge on any atom is 0.410 e. The summed E-state index contributed by atoms with van der Waals surface area (Å²) in [7, 11) is 0. The molecule has 2 fully saturated rings. The molecular formula is C33H41N7O6. The first-order chi connectivity index (χ1) is 21.7. The van der Waals surface area contributed by atoms with Crippen LogP contribution in [0.4, 0.5) is 21.4 Å². The Morgan fingerprint density at radius 3 is 1.83 bits per heavy atom. The van der Waals surface area contributed by atoms with Gasteiger partial charge in [-0.3, -0.25) is 24.7 Å². The SMILES string of the molecule is CC(C)(C)OC(=O)N1CCC[C@H]1C(=O)Nc1ccc2cc(-c3cnc(NC(=O)[C@@H]4CCCN4C(=O)OC(C)(C)C)nc3)ccc2n1. The summed E-state index contributed by atoms with van der Waals surface area (Å²) in [5.74, 6) is -0.139. The van der Waals surface area contributed by atoms with Crippen molar-refractivity contribution in [2.75, 3.05) is 23.7 Å². The van der Waals surface area contributed by atoms with Crippen LogP contribution in [0.15, 0.2) is 42.7 Å². The van der Waals surface area contributed by atoms with Crippen LogP contribution in [0.25, 0.3) is 22.0 Å². The van der Waals surface area contributed by atoms with Gasteiger partial charge in [0.2, 0.25) is 17.8 Å². The number of anilines is 2. The lowest BCUT2D eigenvalue weighted by Crippen LogP contribution is -2.45. The van der Waals surface area contributed by atoms with Crippen LogP contribution in [0.3, 0.4) is 0 Å². The molecule has 2 N–H and O–H groups in total. The predicted octanol–water partition coefficient (Wildman–Crippen LogP) is 5.37. The minimum Gasteiger partial charge on any atom is -0.444 e. The van der Waals surface area contributed by atoms with E-state index in [1.165, 1.54) is 9.80 Å². The summed E-state index contributed by atoms with van der Waals surface area (Å²) in [4.78, 5) is 67.4. The number of fused-ring (bicyclic) bond motifs is 1. The summed E-state index contributed by atoms with van der Waals surface area (Å²) < 4.78 is 10.9. The number of likely N-dealkylation sites (tertiary alicyclic amines) is 2. The van der Waals surface area contributed by atoms with Gasteiger partial charge in [0.1, 0.15) is 29.1 Å². The molecule has 4 amide bonds. The fraction of sp³-hybridized carbons (Fsp3) is 0.485. The van der Waals surface area contributed by atoms with Gasteiger partial charge in [0.15, 0.2) is 0 Å². The Morgan fingerprint density at radius 2 is 1.28 bits per heavy atom. The average Bonchev–Trinajstić information content (AvgIpc) is 3.66. The highest BCUT2D eigenvalue weighted by Gasteiger charge is 2.38. The second-order valence-corrected chi connectivity index (χ2v) is 13.5. The molecule has 3 aromatic rings. The highest BCUT2D eigenvalue weighted by Crippen LogP contribution is 2.27. The summed E-state index contributed by atoms with van der Waals surface area (Å²) in [5, 5.41) is 6.40. The van der Waals surface area contributed by atoms with Gasteiger partial charge in [-0.05, 0) is 97.1 Å². The third-order valence-electron chi connectivity index (χ3n) is 7.53. The number of nitrogens with zero attached hydrogens (tertiary/aromatic N) is 5. The molecule has 0 radical (unpaired) electrons. The van der Waals surface area contributed by atoms with Crippen molar-refractivity contribution in [1.82, 2.24) is 24.8 Å². The largest absolute Gasteiger partial charge is 0.444 e. The number of carbonyl (C=O) groups is 4. The molecule has 0 aliphatic carbocycles. The van der Waals surface area contributed by atoms with E-state index >= 15 is 0 Å². The van der Waals surface area contributed by atoms with Crippen molar-refractivity contribution in [3.8, 4) is 11.1 Å². The van der Waals surface area contributed by atoms with E-state index in [0.29, 0.717) is 43.7 Å². The first kappa shape index (κ1) is 32.6. The Labute approximate surface area is 268 Å². The standard InChI is InChI=1S/C33H41N7O6/c1-32(2,3)45-30(43)39-15-7-9-24(39)27(41)37-26-14-12-21-17-20(11-13-23(21)36-26)22-18-34-29(35-19-22)38-28(42)25-10-8-16-40(25)31(44)46-33(4,5)6/h11-14,17-19,24-25H,7-10,15-16H2,1-6H3,(H,36,37,41)(H,34,35,38,42)/t24-,25-/m0/s1. The predicted molar refractivity (Wildman–Crippen MR) is 172 cm³/mol. The number of pyridine rings is 1. The number of nitrogens with one attached hydrogen (secondary N) is 2. The molecule has 2 atom stereocenters. The van der Waals surface area contributed by atoms with Crippen LogP contribution in [0.1, 0.15) is 67.2 Å². The van der Waals surface area contributed by atoms with Gasteiger partial charge in [0.25, 0.3) is 0 Å². The summed E-state index contributed by atoms with van der Waals surface area (Å²) >= 11 is 0. The Kier molecular flexibility index (Phi) is 9.13. The van der Waals surface area contributed by atoms with Crippen LogP contribution < -0.4 is 10.6 Å². The Morgan fingerprint density at radius 1 is 0.739 bits per heavy atom. The second kappa shape index (κ2) is 12.9. The third-order valence-corrected chi connectivity index (χ3v) is 7.53. The lowest BCUT2D eigenvalue weighted by molar-refractivity contribution is -0.121. The summed E-state index contributed by atoms with van der Waals surface area (Å²) in [6.07, 6.45) is 4.73. The van der Waals surface area contributed by atoms with E-state index in [2.05, 4.69) is 25.6 Å². The van der Waals surface area contributed by atoms with Gasteiger partial charge >= 0.3 is 12.2 Å². The van der Waals surface area contributed by atoms with Crippen LogP contribution >= 0.6 is 0 Å². The lowest BCUT2D eigenvalue weighted by atomic mass is 10.1. The zero-order valence-corrected chi connectivity index (χ0v) is 27.1. The zero-order chi connectivity index (χ0) is 33.2. The van der Waals surface area contributed by atoms with E-state index in [4.69, 9.17) is 9.47 Å². The van der Waals surface area contributed by atoms with Gasteiger partial charge < -0.3 is 14.8 Å². The van der Waals surface area contributed by atoms with Crippen LogP contribution in [0.2, 0.25) is 0 Å². The van der Waals surface area contributed by atoms with Crippen LogP contribution in [0, 0.1) is 0 Å². The summed E-state index contributed by atoms with van der Waals surface area (Å²) in [5.41, 5.74) is 0.949. The molecule has 2 aromatic heterocycles. The molecule has 0 unspecified atom stereocenters. The summed E-state index contributed by atoms with van der Waals surface area (Å²) in [6, 6.07) is 7.95. The zero-order valence-electron chi connectivity index (χ0n) is 27.1. The van der Waals surface area contributed by atoms with Gasteiger partial charge in [-0.25, -0.2) is 24.5 Å². The Hall–Kier alpha value is -4.81. The highest BCUT2D eigenvalue weighted by atomic mass is 16.6. The quantitative estimate of drug-likeness (QED) is 0.378. The van der Waals surface area contributed by atoms with Crippen molar-refractivity contribution in [2.45, 2.75) is 90.5 Å². The van der Waals surface area contributed by atoms with Gasteiger partial charge in [0.05, 0.1) is 5.52 Å². The first-order valence-electron chi connectivity index (χ1n) is 15.5. The first-order valence-corrected chi connectivity index (χ1v) is 15.5. The molecule has 2 aliphatic heterocycles. The molecule has 4 heterocycles. The minimum atomic E-state index is -0.654. The number of carbonyl (C=O) groups excluding carboxylic acids is 4. The molecule has 0 saturated carbocycles. The maximum atomic E-state index is 13.1. The molecule has 0 bridgehead atoms. The molecule has 13 nitrogen and oxygen atoms in total. The Balaban J connectivity index is 1.21. The van der Waals surface area contributed by atoms with Crippen LogP contribution in [-0.4, -0.2) is 85.1 Å². The van der Waals surface area contributed by atoms with E-state index in [1.54, 1.807) is 60.0 Å². The van der Waals surface area contributed by atoms with Crippen LogP contribution in [0.5, 0.6) is 0 Å². The summed E-state index contributed by atoms with van der Waals surface area (Å²) in [6.45, 7) is 11.7. The van der Waals surface area contributed by atoms with Crippen molar-refractivity contribution in [3.05, 3.63) is 42.7 Å². The number of rotatable bonds is 5. The molecule has 0 spiro atoms. The third kappa shape index (κ3) is 7.88. The average molecular weight is 632 g/mol. The molecule has 2 aliphatic rings. The van der Waals surface area contributed by atoms with E-state index in [0.717, 1.165) is 22.9 Å². The number of hydrogen-bond donors (Lipinski definition) is 2. The molecule has 46 heavy (non-hydrogen) atoms. The van der Waals surface area contributed by atoms with Gasteiger partial charge in [-0.2, -0.15) is 0 Å². The smallest absolute Gasteiger partial charge is 0.410 e. The molecule has 2 saturated heterocycles. The molecule has 13 heteroatoms. The van der Waals surface area contributed by atoms with E-state index < -0.39 is 35.5 Å². The van der Waals surface area contributed by atoms with E-state index in [1.807, 2.05) is 24.3 Å². The Bertz CT molecular complexity index is 1630. The van der Waals surface area contributed by atoms with Gasteiger partial charge in [-0.1, -0.05) is 6.07 Å². The lowest BCUT2D eigenvalue weighted by Gasteiger charge is -2.27. The number of benzene rings is 1. The maximum absolute atomic E-state index is 13.1. The number of amides is 4. The normalized spacial score (nSPS) is 18.4. The van der Waals surface area contributed by atoms with E-state index in [-0.39, 0.29) is 17.8 Å². The monoisotopic (exact) mass is 631 g/mol. The number of aromatic nitrogens is 3.